The van der Waals surface area contributed by atoms with E-state index in [0.29, 0.717) is 0 Å². The largest absolute Gasteiger partial charge is 0.494 e. The molecule has 5 rings (SSSR count). The Kier molecular flexibility index (Phi) is 3.86. The van der Waals surface area contributed by atoms with Gasteiger partial charge in [-0.3, -0.25) is 9.98 Å². The second-order valence-corrected chi connectivity index (χ2v) is 7.13. The van der Waals surface area contributed by atoms with Gasteiger partial charge in [-0.1, -0.05) is 24.3 Å². The molecule has 3 N–H and O–H groups in total. The predicted octanol–water partition coefficient (Wildman–Crippen LogP) is 5.12. The number of hydrogen-bond acceptors (Lipinski definition) is 4. The molecule has 0 saturated carbocycles. The highest BCUT2D eigenvalue weighted by Gasteiger charge is 2.22. The number of benzene rings is 2. The molecule has 3 heterocycles. The molecule has 0 saturated heterocycles. The lowest BCUT2D eigenvalue weighted by molar-refractivity contribution is 0.457. The summed E-state index contributed by atoms with van der Waals surface area (Å²) in [6.07, 6.45) is 4.37. The maximum Gasteiger partial charge on any atom is 0.198 e. The third-order valence-electron chi connectivity index (χ3n) is 5.24. The van der Waals surface area contributed by atoms with Gasteiger partial charge >= 0.3 is 0 Å². The Labute approximate surface area is 162 Å². The van der Waals surface area contributed by atoms with Crippen LogP contribution >= 0.6 is 0 Å². The van der Waals surface area contributed by atoms with Crippen molar-refractivity contribution in [1.29, 1.82) is 0 Å². The van der Waals surface area contributed by atoms with Crippen LogP contribution in [0.15, 0.2) is 72.0 Å². The van der Waals surface area contributed by atoms with E-state index >= 15 is 0 Å². The Hall–Kier alpha value is -3.60. The molecule has 138 valence electrons. The quantitative estimate of drug-likeness (QED) is 0.468. The lowest BCUT2D eigenvalue weighted by Crippen LogP contribution is -2.06. The summed E-state index contributed by atoms with van der Waals surface area (Å²) in [6.45, 7) is 2.11. The van der Waals surface area contributed by atoms with Crippen molar-refractivity contribution < 1.29 is 5.11 Å². The van der Waals surface area contributed by atoms with Gasteiger partial charge in [-0.15, -0.1) is 0 Å². The van der Waals surface area contributed by atoms with Gasteiger partial charge in [0.1, 0.15) is 0 Å². The van der Waals surface area contributed by atoms with Crippen molar-refractivity contribution in [3.63, 3.8) is 0 Å². The minimum atomic E-state index is 0.121. The zero-order valence-corrected chi connectivity index (χ0v) is 15.5. The smallest absolute Gasteiger partial charge is 0.198 e. The summed E-state index contributed by atoms with van der Waals surface area (Å²) in [5, 5.41) is 15.0. The van der Waals surface area contributed by atoms with E-state index in [9.17, 15) is 5.11 Å². The predicted molar refractivity (Wildman–Crippen MR) is 113 cm³/mol. The summed E-state index contributed by atoms with van der Waals surface area (Å²) in [7, 11) is 0. The van der Waals surface area contributed by atoms with Crippen LogP contribution in [0.4, 0.5) is 11.4 Å². The van der Waals surface area contributed by atoms with Gasteiger partial charge in [-0.05, 0) is 48.4 Å². The van der Waals surface area contributed by atoms with Crippen LogP contribution in [0.3, 0.4) is 0 Å². The maximum atomic E-state index is 10.6. The summed E-state index contributed by atoms with van der Waals surface area (Å²) < 4.78 is 0. The third kappa shape index (κ3) is 2.81. The number of hydrogen-bond donors (Lipinski definition) is 3. The Balaban J connectivity index is 1.51. The molecule has 0 spiro atoms. The Morgan fingerprint density at radius 2 is 2.00 bits per heavy atom. The number of aromatic hydroxyl groups is 1. The van der Waals surface area contributed by atoms with E-state index in [1.807, 2.05) is 42.6 Å². The molecule has 1 atom stereocenters. The first-order chi connectivity index (χ1) is 13.7. The van der Waals surface area contributed by atoms with Gasteiger partial charge in [0.15, 0.2) is 5.88 Å². The fourth-order valence-electron chi connectivity index (χ4n) is 3.80. The summed E-state index contributed by atoms with van der Waals surface area (Å²) in [5.41, 5.74) is 6.84. The van der Waals surface area contributed by atoms with Crippen molar-refractivity contribution in [3.05, 3.63) is 83.7 Å². The van der Waals surface area contributed by atoms with Crippen molar-refractivity contribution in [2.24, 2.45) is 4.99 Å². The molecule has 1 aliphatic rings. The van der Waals surface area contributed by atoms with Crippen LogP contribution in [0.2, 0.25) is 0 Å². The molecule has 0 amide bonds. The Morgan fingerprint density at radius 1 is 1.11 bits per heavy atom. The van der Waals surface area contributed by atoms with Gasteiger partial charge in [0.25, 0.3) is 0 Å². The number of para-hydroxylation sites is 1. The number of nitrogens with one attached hydrogen (secondary N) is 2. The van der Waals surface area contributed by atoms with Crippen LogP contribution in [0.1, 0.15) is 29.7 Å². The van der Waals surface area contributed by atoms with E-state index in [4.69, 9.17) is 4.99 Å². The zero-order valence-electron chi connectivity index (χ0n) is 15.5. The lowest BCUT2D eigenvalue weighted by Gasteiger charge is -2.15. The molecule has 0 bridgehead atoms. The van der Waals surface area contributed by atoms with Gasteiger partial charge in [-0.25, -0.2) is 0 Å². The van der Waals surface area contributed by atoms with Crippen molar-refractivity contribution in [3.8, 4) is 5.88 Å². The molecule has 5 heteroatoms. The van der Waals surface area contributed by atoms with E-state index in [1.165, 1.54) is 5.56 Å². The molecule has 0 fully saturated rings. The van der Waals surface area contributed by atoms with Gasteiger partial charge in [0.2, 0.25) is 0 Å². The zero-order chi connectivity index (χ0) is 19.1. The molecule has 0 radical (unpaired) electrons. The molecule has 4 aromatic rings. The minimum Gasteiger partial charge on any atom is -0.494 e. The number of H-pyrrole nitrogens is 1. The summed E-state index contributed by atoms with van der Waals surface area (Å²) in [4.78, 5) is 12.0. The molecule has 5 nitrogen and oxygen atoms in total. The standard InChI is InChI=1S/C23H20N4O/c1-14(16-6-4-10-24-13-16)25-17-8-9-20-18(12-17)22(23(28)27-20)21-11-15-5-2-3-7-19(15)26-21/h2-10,12-14,25,27-28H,11H2,1H3. The number of aliphatic imine (C=N–C) groups is 1. The second kappa shape index (κ2) is 6.53. The molecular formula is C23H20N4O. The highest BCUT2D eigenvalue weighted by molar-refractivity contribution is 6.16. The molecule has 2 aromatic heterocycles. The SMILES string of the molecule is CC(Nc1ccc2[nH]c(O)c(C3=Nc4ccccc4C3)c2c1)c1cccnc1. The monoisotopic (exact) mass is 368 g/mol. The summed E-state index contributed by atoms with van der Waals surface area (Å²) in [5.74, 6) is 0.166. The average Bonchev–Trinajstić information content (AvgIpc) is 3.28. The lowest BCUT2D eigenvalue weighted by atomic mass is 10.0. The van der Waals surface area contributed by atoms with Crippen molar-refractivity contribution in [1.82, 2.24) is 9.97 Å². The molecule has 1 unspecified atom stereocenters. The van der Waals surface area contributed by atoms with Crippen LogP contribution < -0.4 is 5.32 Å². The highest BCUT2D eigenvalue weighted by atomic mass is 16.3. The van der Waals surface area contributed by atoms with E-state index in [2.05, 4.69) is 40.4 Å². The first kappa shape index (κ1) is 16.6. The van der Waals surface area contributed by atoms with Gasteiger partial charge in [0.05, 0.1) is 23.0 Å². The minimum absolute atomic E-state index is 0.121. The average molecular weight is 368 g/mol. The first-order valence-corrected chi connectivity index (χ1v) is 9.36. The normalized spacial score (nSPS) is 14.0. The highest BCUT2D eigenvalue weighted by Crippen LogP contribution is 2.36. The number of pyridine rings is 1. The summed E-state index contributed by atoms with van der Waals surface area (Å²) in [6, 6.07) is 18.3. The Morgan fingerprint density at radius 3 is 2.82 bits per heavy atom. The van der Waals surface area contributed by atoms with E-state index in [-0.39, 0.29) is 11.9 Å². The van der Waals surface area contributed by atoms with E-state index < -0.39 is 0 Å². The Bertz CT molecular complexity index is 1190. The van der Waals surface area contributed by atoms with Crippen LogP contribution in [0.25, 0.3) is 10.9 Å². The van der Waals surface area contributed by atoms with Crippen molar-refractivity contribution >= 4 is 28.0 Å². The molecule has 28 heavy (non-hydrogen) atoms. The number of aromatic nitrogens is 2. The van der Waals surface area contributed by atoms with Gasteiger partial charge < -0.3 is 15.4 Å². The topological polar surface area (TPSA) is 73.3 Å². The fraction of sp³-hybridized carbons (Fsp3) is 0.130. The second-order valence-electron chi connectivity index (χ2n) is 7.13. The number of rotatable bonds is 4. The fourth-order valence-corrected chi connectivity index (χ4v) is 3.80. The first-order valence-electron chi connectivity index (χ1n) is 9.36. The molecular weight excluding hydrogens is 348 g/mol. The van der Waals surface area contributed by atoms with E-state index in [0.717, 1.165) is 45.5 Å². The number of aromatic amines is 1. The van der Waals surface area contributed by atoms with Crippen LogP contribution in [0.5, 0.6) is 5.88 Å². The summed E-state index contributed by atoms with van der Waals surface area (Å²) >= 11 is 0. The van der Waals surface area contributed by atoms with Crippen LogP contribution in [-0.2, 0) is 6.42 Å². The van der Waals surface area contributed by atoms with Crippen LogP contribution in [-0.4, -0.2) is 20.8 Å². The van der Waals surface area contributed by atoms with Crippen molar-refractivity contribution in [2.75, 3.05) is 5.32 Å². The third-order valence-corrected chi connectivity index (χ3v) is 5.24. The van der Waals surface area contributed by atoms with Gasteiger partial charge in [-0.2, -0.15) is 0 Å². The molecule has 1 aliphatic heterocycles. The van der Waals surface area contributed by atoms with Crippen LogP contribution in [0, 0.1) is 0 Å². The molecule has 2 aromatic carbocycles. The maximum absolute atomic E-state index is 10.6. The van der Waals surface area contributed by atoms with Gasteiger partial charge in [0, 0.05) is 35.4 Å². The number of fused-ring (bicyclic) bond motifs is 2. The number of nitrogens with zero attached hydrogens (tertiary/aromatic N) is 2. The van der Waals surface area contributed by atoms with E-state index in [1.54, 1.807) is 6.20 Å². The van der Waals surface area contributed by atoms with Crippen molar-refractivity contribution in [2.45, 2.75) is 19.4 Å². The molecule has 0 aliphatic carbocycles. The number of anilines is 1.